The first-order chi connectivity index (χ1) is 15.6. The van der Waals surface area contributed by atoms with Gasteiger partial charge in [-0.2, -0.15) is 0 Å². The number of carbonyl (C=O) groups is 1. The number of benzene rings is 2. The summed E-state index contributed by atoms with van der Waals surface area (Å²) in [7, 11) is 0. The van der Waals surface area contributed by atoms with Gasteiger partial charge >= 0.3 is 0 Å². The van der Waals surface area contributed by atoms with Crippen molar-refractivity contribution in [3.63, 3.8) is 0 Å². The number of hydrogen-bond donors (Lipinski definition) is 1. The van der Waals surface area contributed by atoms with Crippen molar-refractivity contribution >= 4 is 24.1 Å². The second kappa shape index (κ2) is 9.34. The minimum absolute atomic E-state index is 0.0722. The van der Waals surface area contributed by atoms with Crippen LogP contribution in [0.3, 0.4) is 0 Å². The van der Waals surface area contributed by atoms with Crippen LogP contribution in [0.25, 0.3) is 28.8 Å². The summed E-state index contributed by atoms with van der Waals surface area (Å²) in [5, 5.41) is 3.20. The Morgan fingerprint density at radius 2 is 1.75 bits per heavy atom. The lowest BCUT2D eigenvalue weighted by Gasteiger charge is -2.11. The van der Waals surface area contributed by atoms with E-state index < -0.39 is 0 Å². The minimum atomic E-state index is -0.323. The molecule has 160 valence electrons. The third-order valence-corrected chi connectivity index (χ3v) is 4.81. The highest BCUT2D eigenvalue weighted by Crippen LogP contribution is 2.35. The van der Waals surface area contributed by atoms with Crippen LogP contribution in [0.2, 0.25) is 0 Å². The Labute approximate surface area is 185 Å². The fourth-order valence-electron chi connectivity index (χ4n) is 3.38. The SMILES string of the molecule is CC(C)c1nc(-c2ccc(F)cc2)c(-c2ccnc(Nc3ccccc3)n2)n1/C=C/C=O. The number of carbonyl (C=O) groups excluding carboxylic acids is 1. The zero-order chi connectivity index (χ0) is 22.5. The Morgan fingerprint density at radius 1 is 1.00 bits per heavy atom. The van der Waals surface area contributed by atoms with E-state index in [-0.39, 0.29) is 11.7 Å². The molecule has 0 saturated heterocycles. The molecule has 0 atom stereocenters. The molecule has 32 heavy (non-hydrogen) atoms. The van der Waals surface area contributed by atoms with E-state index in [1.165, 1.54) is 18.2 Å². The van der Waals surface area contributed by atoms with Crippen molar-refractivity contribution in [3.05, 3.63) is 84.6 Å². The third kappa shape index (κ3) is 4.46. The summed E-state index contributed by atoms with van der Waals surface area (Å²) >= 11 is 0. The minimum Gasteiger partial charge on any atom is -0.324 e. The maximum Gasteiger partial charge on any atom is 0.227 e. The quantitative estimate of drug-likeness (QED) is 0.303. The maximum absolute atomic E-state index is 13.6. The van der Waals surface area contributed by atoms with Crippen LogP contribution in [0, 0.1) is 5.82 Å². The standard InChI is InChI=1S/C25H22FN5O/c1-17(2)24-30-22(18-9-11-19(26)12-10-18)23(31(24)15-6-16-32)21-13-14-27-25(29-21)28-20-7-4-3-5-8-20/h3-17H,1-2H3,(H,27,28,29)/b15-6+. The highest BCUT2D eigenvalue weighted by molar-refractivity contribution is 5.81. The van der Waals surface area contributed by atoms with Crippen molar-refractivity contribution in [2.75, 3.05) is 5.32 Å². The monoisotopic (exact) mass is 427 g/mol. The molecule has 0 amide bonds. The van der Waals surface area contributed by atoms with Crippen LogP contribution in [-0.2, 0) is 4.79 Å². The number of rotatable bonds is 7. The molecule has 0 radical (unpaired) electrons. The average molecular weight is 427 g/mol. The van der Waals surface area contributed by atoms with Crippen LogP contribution in [0.4, 0.5) is 16.0 Å². The molecule has 4 aromatic rings. The van der Waals surface area contributed by atoms with Crippen LogP contribution < -0.4 is 5.32 Å². The molecule has 0 fully saturated rings. The van der Waals surface area contributed by atoms with Gasteiger partial charge in [-0.15, -0.1) is 0 Å². The maximum atomic E-state index is 13.6. The second-order valence-electron chi connectivity index (χ2n) is 7.43. The van der Waals surface area contributed by atoms with Gasteiger partial charge in [0.1, 0.15) is 17.9 Å². The van der Waals surface area contributed by atoms with E-state index in [1.54, 1.807) is 30.6 Å². The molecular weight excluding hydrogens is 405 g/mol. The van der Waals surface area contributed by atoms with Crippen molar-refractivity contribution in [2.45, 2.75) is 19.8 Å². The first kappa shape index (κ1) is 21.1. The summed E-state index contributed by atoms with van der Waals surface area (Å²) < 4.78 is 15.4. The van der Waals surface area contributed by atoms with Gasteiger partial charge in [-0.1, -0.05) is 32.0 Å². The van der Waals surface area contributed by atoms with Crippen molar-refractivity contribution in [2.24, 2.45) is 0 Å². The molecule has 0 unspecified atom stereocenters. The Hall–Kier alpha value is -4.13. The van der Waals surface area contributed by atoms with Crippen LogP contribution >= 0.6 is 0 Å². The smallest absolute Gasteiger partial charge is 0.227 e. The van der Waals surface area contributed by atoms with E-state index >= 15 is 0 Å². The number of halogens is 1. The van der Waals surface area contributed by atoms with Crippen molar-refractivity contribution in [1.82, 2.24) is 19.5 Å². The molecule has 7 heteroatoms. The average Bonchev–Trinajstić information content (AvgIpc) is 3.19. The Morgan fingerprint density at radius 3 is 2.44 bits per heavy atom. The van der Waals surface area contributed by atoms with Gasteiger partial charge in [0.05, 0.1) is 17.1 Å². The van der Waals surface area contributed by atoms with Crippen LogP contribution in [0.5, 0.6) is 0 Å². The van der Waals surface area contributed by atoms with Gasteiger partial charge in [0, 0.05) is 29.6 Å². The van der Waals surface area contributed by atoms with Crippen molar-refractivity contribution in [3.8, 4) is 22.6 Å². The van der Waals surface area contributed by atoms with Crippen molar-refractivity contribution < 1.29 is 9.18 Å². The molecule has 6 nitrogen and oxygen atoms in total. The summed E-state index contributed by atoms with van der Waals surface area (Å²) in [5.74, 6) is 0.935. The van der Waals surface area contributed by atoms with E-state index in [0.717, 1.165) is 17.1 Å². The molecule has 0 saturated carbocycles. The summed E-state index contributed by atoms with van der Waals surface area (Å²) in [5.41, 5.74) is 3.57. The topological polar surface area (TPSA) is 72.7 Å². The van der Waals surface area contributed by atoms with E-state index in [2.05, 4.69) is 10.3 Å². The van der Waals surface area contributed by atoms with Crippen LogP contribution in [-0.4, -0.2) is 25.8 Å². The third-order valence-electron chi connectivity index (χ3n) is 4.81. The molecule has 0 bridgehead atoms. The van der Waals surface area contributed by atoms with E-state index in [4.69, 9.17) is 9.97 Å². The number of aromatic nitrogens is 4. The van der Waals surface area contributed by atoms with Crippen molar-refractivity contribution in [1.29, 1.82) is 0 Å². The van der Waals surface area contributed by atoms with Gasteiger partial charge in [0.25, 0.3) is 0 Å². The summed E-state index contributed by atoms with van der Waals surface area (Å²) in [6.07, 6.45) is 5.46. The number of anilines is 2. The van der Waals surface area contributed by atoms with E-state index in [1.807, 2.05) is 48.7 Å². The second-order valence-corrected chi connectivity index (χ2v) is 7.43. The lowest BCUT2D eigenvalue weighted by molar-refractivity contribution is -0.104. The number of hydrogen-bond acceptors (Lipinski definition) is 5. The Kier molecular flexibility index (Phi) is 6.17. The normalized spacial score (nSPS) is 11.2. The predicted molar refractivity (Wildman–Crippen MR) is 124 cm³/mol. The van der Waals surface area contributed by atoms with Gasteiger partial charge in [-0.25, -0.2) is 19.3 Å². The number of aldehydes is 1. The molecule has 2 aromatic carbocycles. The largest absolute Gasteiger partial charge is 0.324 e. The van der Waals surface area contributed by atoms with Gasteiger partial charge in [0.15, 0.2) is 0 Å². The van der Waals surface area contributed by atoms with Gasteiger partial charge in [0.2, 0.25) is 5.95 Å². The molecule has 0 aliphatic carbocycles. The lowest BCUT2D eigenvalue weighted by atomic mass is 10.1. The van der Waals surface area contributed by atoms with Crippen LogP contribution in [0.1, 0.15) is 25.6 Å². The molecule has 0 aliphatic heterocycles. The molecular formula is C25H22FN5O. The number of allylic oxidation sites excluding steroid dienone is 1. The van der Waals surface area contributed by atoms with E-state index in [9.17, 15) is 9.18 Å². The Bertz CT molecular complexity index is 1250. The number of nitrogens with one attached hydrogen (secondary N) is 1. The van der Waals surface area contributed by atoms with Gasteiger partial charge in [-0.3, -0.25) is 4.79 Å². The molecule has 0 aliphatic rings. The number of nitrogens with zero attached hydrogens (tertiary/aromatic N) is 4. The highest BCUT2D eigenvalue weighted by atomic mass is 19.1. The highest BCUT2D eigenvalue weighted by Gasteiger charge is 2.22. The predicted octanol–water partition coefficient (Wildman–Crippen LogP) is 5.68. The molecule has 1 N–H and O–H groups in total. The Balaban J connectivity index is 1.89. The van der Waals surface area contributed by atoms with Gasteiger partial charge < -0.3 is 9.88 Å². The number of imidazole rings is 1. The summed E-state index contributed by atoms with van der Waals surface area (Å²) in [6, 6.07) is 17.6. The molecule has 2 heterocycles. The zero-order valence-electron chi connectivity index (χ0n) is 17.7. The molecule has 2 aromatic heterocycles. The first-order valence-electron chi connectivity index (χ1n) is 10.2. The van der Waals surface area contributed by atoms with Gasteiger partial charge in [-0.05, 0) is 48.5 Å². The lowest BCUT2D eigenvalue weighted by Crippen LogP contribution is -2.03. The van der Waals surface area contributed by atoms with E-state index in [0.29, 0.717) is 29.3 Å². The number of para-hydroxylation sites is 1. The molecule has 4 rings (SSSR count). The fourth-order valence-corrected chi connectivity index (χ4v) is 3.38. The fraction of sp³-hybridized carbons (Fsp3) is 0.120. The summed E-state index contributed by atoms with van der Waals surface area (Å²) in [6.45, 7) is 4.04. The molecule has 0 spiro atoms. The summed E-state index contributed by atoms with van der Waals surface area (Å²) in [4.78, 5) is 25.0. The first-order valence-corrected chi connectivity index (χ1v) is 10.2. The zero-order valence-corrected chi connectivity index (χ0v) is 17.7. The van der Waals surface area contributed by atoms with Crippen LogP contribution in [0.15, 0.2) is 72.9 Å².